The molecule has 0 aliphatic carbocycles. The SMILES string of the molecule is CCCCc1ccc(N2CSC3=C(C#N)C(c4ccc(OCc5ccccc5)c(OC)c4)CC(=O)N3C2)cc1. The minimum Gasteiger partial charge on any atom is -0.493 e. The number of nitrogens with zero attached hydrogens (tertiary/aromatic N) is 3. The number of nitriles is 1. The maximum Gasteiger partial charge on any atom is 0.229 e. The highest BCUT2D eigenvalue weighted by molar-refractivity contribution is 8.03. The molecule has 2 heterocycles. The molecule has 1 unspecified atom stereocenters. The average Bonchev–Trinajstić information content (AvgIpc) is 2.99. The van der Waals surface area contributed by atoms with Crippen molar-refractivity contribution in [1.29, 1.82) is 5.26 Å². The van der Waals surface area contributed by atoms with Gasteiger partial charge in [-0.05, 0) is 53.8 Å². The third kappa shape index (κ3) is 5.91. The monoisotopic (exact) mass is 539 g/mol. The normalized spacial score (nSPS) is 17.1. The van der Waals surface area contributed by atoms with Crippen molar-refractivity contribution in [2.45, 2.75) is 45.1 Å². The quantitative estimate of drug-likeness (QED) is 0.297. The van der Waals surface area contributed by atoms with Gasteiger partial charge in [0.15, 0.2) is 11.5 Å². The van der Waals surface area contributed by atoms with E-state index in [2.05, 4.69) is 42.2 Å². The first kappa shape index (κ1) is 26.7. The molecule has 0 spiro atoms. The number of ether oxygens (including phenoxy) is 2. The van der Waals surface area contributed by atoms with E-state index in [1.165, 1.54) is 18.4 Å². The molecule has 0 bridgehead atoms. The van der Waals surface area contributed by atoms with Gasteiger partial charge in [0.2, 0.25) is 5.91 Å². The van der Waals surface area contributed by atoms with Crippen molar-refractivity contribution in [3.05, 3.63) is 100 Å². The number of carbonyl (C=O) groups is 1. The van der Waals surface area contributed by atoms with E-state index in [1.807, 2.05) is 48.5 Å². The zero-order chi connectivity index (χ0) is 27.2. The summed E-state index contributed by atoms with van der Waals surface area (Å²) in [6.07, 6.45) is 3.69. The fourth-order valence-electron chi connectivity index (χ4n) is 5.02. The van der Waals surface area contributed by atoms with Crippen molar-refractivity contribution in [3.8, 4) is 17.6 Å². The van der Waals surface area contributed by atoms with Crippen LogP contribution >= 0.6 is 11.8 Å². The Morgan fingerprint density at radius 2 is 1.82 bits per heavy atom. The van der Waals surface area contributed by atoms with Crippen LogP contribution in [0.1, 0.15) is 48.8 Å². The summed E-state index contributed by atoms with van der Waals surface area (Å²) in [7, 11) is 1.60. The van der Waals surface area contributed by atoms with E-state index in [0.717, 1.165) is 28.3 Å². The number of benzene rings is 3. The second-order valence-electron chi connectivity index (χ2n) is 9.82. The molecule has 200 valence electrons. The van der Waals surface area contributed by atoms with Gasteiger partial charge in [-0.25, -0.2) is 0 Å². The van der Waals surface area contributed by atoms with Crippen LogP contribution in [0.3, 0.4) is 0 Å². The minimum atomic E-state index is -0.317. The Hall–Kier alpha value is -3.89. The molecule has 0 radical (unpaired) electrons. The Morgan fingerprint density at radius 1 is 1.03 bits per heavy atom. The first-order valence-corrected chi connectivity index (χ1v) is 14.4. The summed E-state index contributed by atoms with van der Waals surface area (Å²) in [5, 5.41) is 11.0. The maximum atomic E-state index is 13.4. The lowest BCUT2D eigenvalue weighted by Crippen LogP contribution is -2.47. The molecule has 3 aromatic rings. The number of hydrogen-bond donors (Lipinski definition) is 0. The van der Waals surface area contributed by atoms with Crippen LogP contribution in [0.25, 0.3) is 0 Å². The van der Waals surface area contributed by atoms with Gasteiger partial charge in [-0.2, -0.15) is 5.26 Å². The van der Waals surface area contributed by atoms with Crippen LogP contribution < -0.4 is 14.4 Å². The topological polar surface area (TPSA) is 65.8 Å². The van der Waals surface area contributed by atoms with Crippen LogP contribution in [0.2, 0.25) is 0 Å². The summed E-state index contributed by atoms with van der Waals surface area (Å²) in [6.45, 7) is 3.08. The van der Waals surface area contributed by atoms with Crippen LogP contribution in [0.5, 0.6) is 11.5 Å². The maximum absolute atomic E-state index is 13.4. The summed E-state index contributed by atoms with van der Waals surface area (Å²) in [5.74, 6) is 1.60. The summed E-state index contributed by atoms with van der Waals surface area (Å²) < 4.78 is 11.6. The van der Waals surface area contributed by atoms with Crippen molar-refractivity contribution in [1.82, 2.24) is 4.90 Å². The molecule has 2 aliphatic rings. The van der Waals surface area contributed by atoms with Gasteiger partial charge in [-0.1, -0.05) is 73.6 Å². The third-order valence-electron chi connectivity index (χ3n) is 7.24. The van der Waals surface area contributed by atoms with E-state index < -0.39 is 0 Å². The number of thioether (sulfide) groups is 1. The van der Waals surface area contributed by atoms with Gasteiger partial charge in [-0.3, -0.25) is 9.69 Å². The number of aryl methyl sites for hydroxylation is 1. The Labute approximate surface area is 234 Å². The van der Waals surface area contributed by atoms with Crippen molar-refractivity contribution in [2.24, 2.45) is 0 Å². The number of anilines is 1. The van der Waals surface area contributed by atoms with Crippen LogP contribution in [0, 0.1) is 11.3 Å². The zero-order valence-corrected chi connectivity index (χ0v) is 23.2. The van der Waals surface area contributed by atoms with Crippen molar-refractivity contribution in [2.75, 3.05) is 24.6 Å². The minimum absolute atomic E-state index is 0.0223. The molecule has 1 amide bonds. The van der Waals surface area contributed by atoms with Crippen molar-refractivity contribution in [3.63, 3.8) is 0 Å². The average molecular weight is 540 g/mol. The molecule has 0 N–H and O–H groups in total. The lowest BCUT2D eigenvalue weighted by molar-refractivity contribution is -0.129. The third-order valence-corrected chi connectivity index (χ3v) is 8.40. The van der Waals surface area contributed by atoms with Gasteiger partial charge >= 0.3 is 0 Å². The highest BCUT2D eigenvalue weighted by Gasteiger charge is 2.38. The van der Waals surface area contributed by atoms with Crippen LogP contribution in [-0.2, 0) is 17.8 Å². The molecule has 5 rings (SSSR count). The fourth-order valence-corrected chi connectivity index (χ4v) is 6.19. The highest BCUT2D eigenvalue weighted by Crippen LogP contribution is 2.44. The molecule has 2 aliphatic heterocycles. The Morgan fingerprint density at radius 3 is 2.54 bits per heavy atom. The lowest BCUT2D eigenvalue weighted by Gasteiger charge is -2.42. The second kappa shape index (κ2) is 12.3. The largest absolute Gasteiger partial charge is 0.493 e. The van der Waals surface area contributed by atoms with E-state index in [9.17, 15) is 10.1 Å². The highest BCUT2D eigenvalue weighted by atomic mass is 32.2. The number of unbranched alkanes of at least 4 members (excludes halogenated alkanes) is 1. The van der Waals surface area contributed by atoms with Gasteiger partial charge in [0, 0.05) is 18.0 Å². The standard InChI is InChI=1S/C32H33N3O3S/c1-3-4-8-23-11-14-26(15-12-23)34-21-35-31(36)18-27(28(19-33)32(35)39-22-34)25-13-16-29(30(17-25)37-2)38-20-24-9-6-5-7-10-24/h5-7,9-17,27H,3-4,8,18,20-22H2,1-2H3. The fraction of sp³-hybridized carbons (Fsp3) is 0.312. The van der Waals surface area contributed by atoms with Gasteiger partial charge < -0.3 is 14.4 Å². The van der Waals surface area contributed by atoms with Crippen molar-refractivity contribution < 1.29 is 14.3 Å². The van der Waals surface area contributed by atoms with Gasteiger partial charge in [0.25, 0.3) is 0 Å². The predicted octanol–water partition coefficient (Wildman–Crippen LogP) is 6.84. The molecule has 6 nitrogen and oxygen atoms in total. The number of carbonyl (C=O) groups excluding carboxylic acids is 1. The first-order chi connectivity index (χ1) is 19.1. The molecule has 1 atom stereocenters. The van der Waals surface area contributed by atoms with Crippen molar-refractivity contribution >= 4 is 23.4 Å². The summed E-state index contributed by atoms with van der Waals surface area (Å²) in [4.78, 5) is 17.3. The molecule has 39 heavy (non-hydrogen) atoms. The van der Waals surface area contributed by atoms with E-state index in [-0.39, 0.29) is 18.2 Å². The number of methoxy groups -OCH3 is 1. The summed E-state index contributed by atoms with van der Waals surface area (Å²) in [5.41, 5.74) is 5.00. The molecule has 3 aromatic carbocycles. The molecule has 0 saturated carbocycles. The summed E-state index contributed by atoms with van der Waals surface area (Å²) >= 11 is 1.55. The predicted molar refractivity (Wildman–Crippen MR) is 155 cm³/mol. The zero-order valence-electron chi connectivity index (χ0n) is 22.4. The molecule has 1 saturated heterocycles. The molecular formula is C32H33N3O3S. The number of hydrogen-bond acceptors (Lipinski definition) is 6. The number of allylic oxidation sites excluding steroid dienone is 1. The molecule has 7 heteroatoms. The van der Waals surface area contributed by atoms with Crippen LogP contribution in [0.15, 0.2) is 83.4 Å². The van der Waals surface area contributed by atoms with E-state index in [1.54, 1.807) is 23.8 Å². The molecule has 0 aromatic heterocycles. The first-order valence-electron chi connectivity index (χ1n) is 13.4. The van der Waals surface area contributed by atoms with Gasteiger partial charge in [-0.15, -0.1) is 0 Å². The summed E-state index contributed by atoms with van der Waals surface area (Å²) in [6, 6.07) is 26.7. The molecule has 1 fully saturated rings. The van der Waals surface area contributed by atoms with E-state index in [4.69, 9.17) is 9.47 Å². The van der Waals surface area contributed by atoms with E-state index in [0.29, 0.717) is 36.2 Å². The van der Waals surface area contributed by atoms with Gasteiger partial charge in [0.1, 0.15) is 6.61 Å². The number of rotatable bonds is 9. The Kier molecular flexibility index (Phi) is 8.43. The van der Waals surface area contributed by atoms with Gasteiger partial charge in [0.05, 0.1) is 36.3 Å². The second-order valence-corrected chi connectivity index (χ2v) is 10.8. The van der Waals surface area contributed by atoms with Crippen LogP contribution in [0.4, 0.5) is 5.69 Å². The van der Waals surface area contributed by atoms with E-state index >= 15 is 0 Å². The smallest absolute Gasteiger partial charge is 0.229 e. The number of amides is 1. The number of fused-ring (bicyclic) bond motifs is 1. The molecular weight excluding hydrogens is 506 g/mol. The lowest BCUT2D eigenvalue weighted by atomic mass is 9.86. The van der Waals surface area contributed by atoms with Crippen LogP contribution in [-0.4, -0.2) is 30.5 Å². The Bertz CT molecular complexity index is 1380. The Balaban J connectivity index is 1.34.